The number of benzene rings is 2. The molecule has 2 aromatic carbocycles. The number of hydrogen-bond donors (Lipinski definition) is 0. The predicted molar refractivity (Wildman–Crippen MR) is 113 cm³/mol. The maximum atomic E-state index is 11.5. The van der Waals surface area contributed by atoms with Gasteiger partial charge in [-0.15, -0.1) is 0 Å². The van der Waals surface area contributed by atoms with Crippen LogP contribution in [0.5, 0.6) is 17.2 Å². The van der Waals surface area contributed by atoms with E-state index in [-0.39, 0.29) is 17.3 Å². The first-order chi connectivity index (χ1) is 14.1. The molecule has 1 aliphatic rings. The highest BCUT2D eigenvalue weighted by atomic mass is 16.6. The van der Waals surface area contributed by atoms with Crippen molar-refractivity contribution in [2.45, 2.75) is 59.5 Å². The van der Waals surface area contributed by atoms with E-state index >= 15 is 0 Å². The Balaban J connectivity index is 1.71. The monoisotopic (exact) mass is 413 g/mol. The number of nitro groups is 1. The fraction of sp³-hybridized carbons (Fsp3) is 0.435. The molecule has 0 aromatic heterocycles. The zero-order valence-electron chi connectivity index (χ0n) is 18.0. The highest BCUT2D eigenvalue weighted by molar-refractivity contribution is 5.72. The summed E-state index contributed by atoms with van der Waals surface area (Å²) in [5, 5.41) is 10.7. The van der Waals surface area contributed by atoms with E-state index < -0.39 is 4.92 Å². The Morgan fingerprint density at radius 1 is 1.17 bits per heavy atom. The molecule has 1 unspecified atom stereocenters. The molecule has 7 heteroatoms. The number of rotatable bonds is 6. The summed E-state index contributed by atoms with van der Waals surface area (Å²) in [5.41, 5.74) is 3.58. The molecule has 30 heavy (non-hydrogen) atoms. The predicted octanol–water partition coefficient (Wildman–Crippen LogP) is 5.00. The van der Waals surface area contributed by atoms with Crippen molar-refractivity contribution < 1.29 is 23.9 Å². The summed E-state index contributed by atoms with van der Waals surface area (Å²) in [5.74, 6) is 1.76. The zero-order chi connectivity index (χ0) is 22.1. The first-order valence-electron chi connectivity index (χ1n) is 9.98. The Labute approximate surface area is 176 Å². The van der Waals surface area contributed by atoms with Gasteiger partial charge < -0.3 is 14.2 Å². The van der Waals surface area contributed by atoms with Crippen molar-refractivity contribution >= 4 is 11.7 Å². The molecule has 160 valence electrons. The van der Waals surface area contributed by atoms with Crippen molar-refractivity contribution in [2.24, 2.45) is 0 Å². The van der Waals surface area contributed by atoms with E-state index in [0.29, 0.717) is 24.5 Å². The third-order valence-corrected chi connectivity index (χ3v) is 5.76. The number of nitro benzene ring substituents is 1. The lowest BCUT2D eigenvalue weighted by atomic mass is 9.86. The van der Waals surface area contributed by atoms with Gasteiger partial charge in [-0.25, -0.2) is 0 Å². The minimum Gasteiger partial charge on any atom is -0.493 e. The second-order valence-electron chi connectivity index (χ2n) is 8.01. The van der Waals surface area contributed by atoms with Crippen LogP contribution < -0.4 is 14.2 Å². The third-order valence-electron chi connectivity index (χ3n) is 5.76. The van der Waals surface area contributed by atoms with Gasteiger partial charge in [0.1, 0.15) is 22.8 Å². The molecule has 0 fully saturated rings. The summed E-state index contributed by atoms with van der Waals surface area (Å²) in [6, 6.07) is 6.07. The molecular formula is C23H27NO6. The van der Waals surface area contributed by atoms with Gasteiger partial charge in [0.15, 0.2) is 0 Å². The molecule has 1 heterocycles. The average molecular weight is 413 g/mol. The average Bonchev–Trinajstić information content (AvgIpc) is 2.69. The van der Waals surface area contributed by atoms with Crippen LogP contribution in [0, 0.1) is 30.9 Å². The van der Waals surface area contributed by atoms with Gasteiger partial charge in [-0.1, -0.05) is 0 Å². The summed E-state index contributed by atoms with van der Waals surface area (Å²) in [6.45, 7) is 9.80. The largest absolute Gasteiger partial charge is 0.493 e. The number of carbonyl (C=O) groups excluding carboxylic acids is 1. The van der Waals surface area contributed by atoms with Crippen LogP contribution in [0.25, 0.3) is 0 Å². The van der Waals surface area contributed by atoms with Crippen LogP contribution in [0.1, 0.15) is 48.9 Å². The fourth-order valence-corrected chi connectivity index (χ4v) is 3.80. The third kappa shape index (κ3) is 4.40. The smallest absolute Gasteiger partial charge is 0.308 e. The lowest BCUT2D eigenvalue weighted by Gasteiger charge is -2.38. The van der Waals surface area contributed by atoms with E-state index in [1.807, 2.05) is 20.8 Å². The number of non-ortho nitro benzene ring substituents is 1. The molecular weight excluding hydrogens is 386 g/mol. The lowest BCUT2D eigenvalue weighted by molar-refractivity contribution is -0.384. The molecule has 0 spiro atoms. The van der Waals surface area contributed by atoms with Gasteiger partial charge in [0.05, 0.1) is 11.5 Å². The summed E-state index contributed by atoms with van der Waals surface area (Å²) >= 11 is 0. The molecule has 7 nitrogen and oxygen atoms in total. The van der Waals surface area contributed by atoms with Gasteiger partial charge in [0.2, 0.25) is 0 Å². The topological polar surface area (TPSA) is 87.9 Å². The molecule has 0 radical (unpaired) electrons. The van der Waals surface area contributed by atoms with Crippen LogP contribution in [0.15, 0.2) is 24.3 Å². The molecule has 0 saturated heterocycles. The van der Waals surface area contributed by atoms with Crippen LogP contribution in [-0.4, -0.2) is 23.1 Å². The van der Waals surface area contributed by atoms with Crippen molar-refractivity contribution in [3.05, 3.63) is 56.6 Å². The minimum atomic E-state index is -0.433. The molecule has 0 N–H and O–H groups in total. The second kappa shape index (κ2) is 8.34. The Morgan fingerprint density at radius 2 is 1.83 bits per heavy atom. The van der Waals surface area contributed by atoms with E-state index in [9.17, 15) is 14.9 Å². The number of hydrogen-bond acceptors (Lipinski definition) is 6. The lowest BCUT2D eigenvalue weighted by Crippen LogP contribution is -2.38. The molecule has 1 aliphatic heterocycles. The van der Waals surface area contributed by atoms with E-state index in [0.717, 1.165) is 40.8 Å². The summed E-state index contributed by atoms with van der Waals surface area (Å²) in [4.78, 5) is 21.8. The van der Waals surface area contributed by atoms with Gasteiger partial charge in [0, 0.05) is 31.0 Å². The summed E-state index contributed by atoms with van der Waals surface area (Å²) < 4.78 is 17.7. The number of fused-ring (bicyclic) bond motifs is 1. The number of carbonyl (C=O) groups is 1. The molecule has 3 rings (SSSR count). The molecule has 0 aliphatic carbocycles. The van der Waals surface area contributed by atoms with Crippen LogP contribution >= 0.6 is 0 Å². The maximum absolute atomic E-state index is 11.5. The Morgan fingerprint density at radius 3 is 2.43 bits per heavy atom. The summed E-state index contributed by atoms with van der Waals surface area (Å²) in [6.07, 6.45) is 2.31. The van der Waals surface area contributed by atoms with Crippen molar-refractivity contribution in [3.63, 3.8) is 0 Å². The first-order valence-corrected chi connectivity index (χ1v) is 9.98. The van der Waals surface area contributed by atoms with E-state index in [4.69, 9.17) is 14.2 Å². The van der Waals surface area contributed by atoms with Crippen molar-refractivity contribution in [2.75, 3.05) is 6.61 Å². The Hall–Kier alpha value is -3.09. The van der Waals surface area contributed by atoms with Crippen LogP contribution in [0.3, 0.4) is 0 Å². The van der Waals surface area contributed by atoms with Gasteiger partial charge in [-0.05, 0) is 69.4 Å². The number of nitrogens with zero attached hydrogens (tertiary/aromatic N) is 1. The van der Waals surface area contributed by atoms with Gasteiger partial charge in [-0.2, -0.15) is 0 Å². The minimum absolute atomic E-state index is 0.0378. The van der Waals surface area contributed by atoms with Gasteiger partial charge >= 0.3 is 5.97 Å². The van der Waals surface area contributed by atoms with Crippen molar-refractivity contribution in [3.8, 4) is 17.2 Å². The summed E-state index contributed by atoms with van der Waals surface area (Å²) in [7, 11) is 0. The standard InChI is InChI=1S/C23H27NO6/c1-14-15(2)22-20(16(3)21(14)29-17(4)25)10-11-23(5,30-22)12-13-28-19-8-6-18(7-9-19)24(26)27/h6-9H,10-13H2,1-5H3. The highest BCUT2D eigenvalue weighted by Crippen LogP contribution is 2.44. The molecule has 0 bridgehead atoms. The van der Waals surface area contributed by atoms with E-state index in [2.05, 4.69) is 6.92 Å². The van der Waals surface area contributed by atoms with E-state index in [1.54, 1.807) is 12.1 Å². The second-order valence-corrected chi connectivity index (χ2v) is 8.01. The molecule has 0 amide bonds. The number of esters is 1. The van der Waals surface area contributed by atoms with Crippen LogP contribution in [-0.2, 0) is 11.2 Å². The zero-order valence-corrected chi connectivity index (χ0v) is 18.0. The SMILES string of the molecule is CC(=O)Oc1c(C)c(C)c2c(c1C)CCC(C)(CCOc1ccc([N+](=O)[O-])cc1)O2. The fourth-order valence-electron chi connectivity index (χ4n) is 3.80. The molecule has 2 aromatic rings. The maximum Gasteiger partial charge on any atom is 0.308 e. The number of ether oxygens (including phenoxy) is 3. The van der Waals surface area contributed by atoms with Crippen LogP contribution in [0.2, 0.25) is 0 Å². The Bertz CT molecular complexity index is 982. The van der Waals surface area contributed by atoms with Crippen molar-refractivity contribution in [1.82, 2.24) is 0 Å². The van der Waals surface area contributed by atoms with Gasteiger partial charge in [-0.3, -0.25) is 14.9 Å². The first kappa shape index (κ1) is 21.6. The highest BCUT2D eigenvalue weighted by Gasteiger charge is 2.35. The molecule has 0 saturated carbocycles. The van der Waals surface area contributed by atoms with E-state index in [1.165, 1.54) is 19.1 Å². The quantitative estimate of drug-likeness (QED) is 0.287. The Kier molecular flexibility index (Phi) is 6.01. The van der Waals surface area contributed by atoms with Crippen LogP contribution in [0.4, 0.5) is 5.69 Å². The van der Waals surface area contributed by atoms with Crippen molar-refractivity contribution in [1.29, 1.82) is 0 Å². The normalized spacial score (nSPS) is 17.6. The molecule has 1 atom stereocenters. The van der Waals surface area contributed by atoms with Gasteiger partial charge in [0.25, 0.3) is 5.69 Å².